The molecule has 17 heavy (non-hydrogen) atoms. The predicted octanol–water partition coefficient (Wildman–Crippen LogP) is 2.80. The average molecular weight is 237 g/mol. The van der Waals surface area contributed by atoms with E-state index in [9.17, 15) is 5.11 Å². The highest BCUT2D eigenvalue weighted by Gasteiger charge is 2.47. The molecule has 2 heteroatoms. The van der Waals surface area contributed by atoms with E-state index in [1.807, 2.05) is 0 Å². The van der Waals surface area contributed by atoms with Crippen molar-refractivity contribution in [1.29, 1.82) is 0 Å². The van der Waals surface area contributed by atoms with Gasteiger partial charge >= 0.3 is 0 Å². The van der Waals surface area contributed by atoms with Crippen LogP contribution in [0.4, 0.5) is 0 Å². The fourth-order valence-corrected chi connectivity index (χ4v) is 4.08. The van der Waals surface area contributed by atoms with Crippen LogP contribution in [0.2, 0.25) is 0 Å². The second kappa shape index (κ2) is 4.55. The van der Waals surface area contributed by atoms with Crippen molar-refractivity contribution in [3.05, 3.63) is 0 Å². The molecule has 1 N–H and O–H groups in total. The van der Waals surface area contributed by atoms with E-state index in [0.717, 1.165) is 31.5 Å². The van der Waals surface area contributed by atoms with Gasteiger partial charge in [0.1, 0.15) is 0 Å². The van der Waals surface area contributed by atoms with Gasteiger partial charge in [-0.15, -0.1) is 0 Å². The summed E-state index contributed by atoms with van der Waals surface area (Å²) >= 11 is 0. The van der Waals surface area contributed by atoms with Crippen molar-refractivity contribution in [2.45, 2.75) is 69.9 Å². The van der Waals surface area contributed by atoms with Crippen LogP contribution in [0.15, 0.2) is 0 Å². The average Bonchev–Trinajstić information content (AvgIpc) is 3.13. The minimum Gasteiger partial charge on any atom is -0.388 e. The van der Waals surface area contributed by atoms with Gasteiger partial charge < -0.3 is 5.11 Å². The molecule has 3 fully saturated rings. The molecule has 1 heterocycles. The zero-order chi connectivity index (χ0) is 11.9. The van der Waals surface area contributed by atoms with Crippen molar-refractivity contribution < 1.29 is 5.11 Å². The van der Waals surface area contributed by atoms with Crippen molar-refractivity contribution in [3.8, 4) is 0 Å². The summed E-state index contributed by atoms with van der Waals surface area (Å²) in [7, 11) is 0. The standard InChI is InChI=1S/C15H27NO/c1-2-12-4-3-5-13(10-12)15(17)8-9-16(11-15)14-6-7-14/h12-14,17H,2-11H2,1H3. The van der Waals surface area contributed by atoms with Gasteiger partial charge in [-0.25, -0.2) is 0 Å². The van der Waals surface area contributed by atoms with Gasteiger partial charge in [0.25, 0.3) is 0 Å². The molecule has 0 radical (unpaired) electrons. The molecule has 2 saturated carbocycles. The monoisotopic (exact) mass is 237 g/mol. The molecule has 0 aromatic rings. The minimum absolute atomic E-state index is 0.337. The minimum atomic E-state index is -0.337. The van der Waals surface area contributed by atoms with Crippen LogP contribution < -0.4 is 0 Å². The third-order valence-electron chi connectivity index (χ3n) is 5.49. The Hall–Kier alpha value is -0.0800. The summed E-state index contributed by atoms with van der Waals surface area (Å²) in [5, 5.41) is 10.9. The Morgan fingerprint density at radius 2 is 2.06 bits per heavy atom. The number of β-amino-alcohol motifs (C(OH)–C–C–N with tert-alkyl or cyclic N) is 1. The molecular weight excluding hydrogens is 210 g/mol. The van der Waals surface area contributed by atoms with Crippen LogP contribution in [0.25, 0.3) is 0 Å². The van der Waals surface area contributed by atoms with Crippen molar-refractivity contribution >= 4 is 0 Å². The van der Waals surface area contributed by atoms with Gasteiger partial charge in [0.2, 0.25) is 0 Å². The van der Waals surface area contributed by atoms with Crippen LogP contribution in [-0.2, 0) is 0 Å². The zero-order valence-electron chi connectivity index (χ0n) is 11.2. The maximum Gasteiger partial charge on any atom is 0.0814 e. The number of hydrogen-bond donors (Lipinski definition) is 1. The highest BCUT2D eigenvalue weighted by molar-refractivity contribution is 5.01. The molecule has 3 unspecified atom stereocenters. The summed E-state index contributed by atoms with van der Waals surface area (Å²) in [5.41, 5.74) is -0.337. The van der Waals surface area contributed by atoms with E-state index in [-0.39, 0.29) is 5.60 Å². The van der Waals surface area contributed by atoms with Crippen molar-refractivity contribution in [3.63, 3.8) is 0 Å². The topological polar surface area (TPSA) is 23.5 Å². The molecule has 0 spiro atoms. The lowest BCUT2D eigenvalue weighted by atomic mass is 9.71. The third-order valence-corrected chi connectivity index (χ3v) is 5.49. The number of rotatable bonds is 3. The Balaban J connectivity index is 1.62. The van der Waals surface area contributed by atoms with E-state index in [1.165, 1.54) is 44.9 Å². The van der Waals surface area contributed by atoms with Crippen LogP contribution >= 0.6 is 0 Å². The van der Waals surface area contributed by atoms with Gasteiger partial charge in [-0.3, -0.25) is 4.90 Å². The molecule has 0 bridgehead atoms. The smallest absolute Gasteiger partial charge is 0.0814 e. The Bertz CT molecular complexity index is 276. The molecule has 0 aromatic carbocycles. The summed E-state index contributed by atoms with van der Waals surface area (Å²) in [4.78, 5) is 2.55. The highest BCUT2D eigenvalue weighted by Crippen LogP contribution is 2.43. The molecule has 3 aliphatic rings. The molecule has 0 amide bonds. The molecule has 0 aromatic heterocycles. The first-order chi connectivity index (χ1) is 8.21. The first-order valence-corrected chi connectivity index (χ1v) is 7.67. The quantitative estimate of drug-likeness (QED) is 0.816. The number of likely N-dealkylation sites (tertiary alicyclic amines) is 1. The van der Waals surface area contributed by atoms with Crippen LogP contribution in [-0.4, -0.2) is 34.7 Å². The van der Waals surface area contributed by atoms with Crippen molar-refractivity contribution in [2.75, 3.05) is 13.1 Å². The normalized spacial score (nSPS) is 44.1. The Morgan fingerprint density at radius 1 is 1.24 bits per heavy atom. The van der Waals surface area contributed by atoms with Gasteiger partial charge in [0, 0.05) is 19.1 Å². The van der Waals surface area contributed by atoms with Gasteiger partial charge in [0.05, 0.1) is 5.60 Å². The Labute approximate surface area is 105 Å². The van der Waals surface area contributed by atoms with E-state index in [0.29, 0.717) is 5.92 Å². The van der Waals surface area contributed by atoms with Gasteiger partial charge in [-0.2, -0.15) is 0 Å². The second-order valence-electron chi connectivity index (χ2n) is 6.69. The summed E-state index contributed by atoms with van der Waals surface area (Å²) < 4.78 is 0. The first-order valence-electron chi connectivity index (χ1n) is 7.67. The molecule has 2 aliphatic carbocycles. The molecule has 2 nitrogen and oxygen atoms in total. The molecule has 3 rings (SSSR count). The Morgan fingerprint density at radius 3 is 2.76 bits per heavy atom. The summed E-state index contributed by atoms with van der Waals surface area (Å²) in [6, 6.07) is 0.828. The third kappa shape index (κ3) is 2.39. The fourth-order valence-electron chi connectivity index (χ4n) is 4.08. The predicted molar refractivity (Wildman–Crippen MR) is 69.9 cm³/mol. The first kappa shape index (κ1) is 12.0. The summed E-state index contributed by atoms with van der Waals surface area (Å²) in [6.07, 6.45) is 10.4. The van der Waals surface area contributed by atoms with Crippen molar-refractivity contribution in [2.24, 2.45) is 11.8 Å². The highest BCUT2D eigenvalue weighted by atomic mass is 16.3. The number of nitrogens with zero attached hydrogens (tertiary/aromatic N) is 1. The number of hydrogen-bond acceptors (Lipinski definition) is 2. The van der Waals surface area contributed by atoms with E-state index >= 15 is 0 Å². The molecular formula is C15H27NO. The lowest BCUT2D eigenvalue weighted by Crippen LogP contribution is -2.43. The van der Waals surface area contributed by atoms with Crippen LogP contribution in [0.5, 0.6) is 0 Å². The van der Waals surface area contributed by atoms with Gasteiger partial charge in [0.15, 0.2) is 0 Å². The largest absolute Gasteiger partial charge is 0.388 e. The van der Waals surface area contributed by atoms with E-state index in [4.69, 9.17) is 0 Å². The van der Waals surface area contributed by atoms with E-state index in [1.54, 1.807) is 0 Å². The maximum atomic E-state index is 10.9. The van der Waals surface area contributed by atoms with Crippen LogP contribution in [0, 0.1) is 11.8 Å². The Kier molecular flexibility index (Phi) is 3.20. The van der Waals surface area contributed by atoms with Gasteiger partial charge in [-0.1, -0.05) is 26.2 Å². The van der Waals surface area contributed by atoms with E-state index in [2.05, 4.69) is 11.8 Å². The molecule has 1 aliphatic heterocycles. The fraction of sp³-hybridized carbons (Fsp3) is 1.00. The lowest BCUT2D eigenvalue weighted by Gasteiger charge is -2.38. The van der Waals surface area contributed by atoms with Gasteiger partial charge in [-0.05, 0) is 43.9 Å². The SMILES string of the molecule is CCC1CCCC(C2(O)CCN(C3CC3)C2)C1. The second-order valence-corrected chi connectivity index (χ2v) is 6.69. The van der Waals surface area contributed by atoms with E-state index < -0.39 is 0 Å². The van der Waals surface area contributed by atoms with Crippen LogP contribution in [0.1, 0.15) is 58.3 Å². The number of aliphatic hydroxyl groups is 1. The molecule has 3 atom stereocenters. The summed E-state index contributed by atoms with van der Waals surface area (Å²) in [6.45, 7) is 4.43. The molecule has 1 saturated heterocycles. The molecule has 98 valence electrons. The van der Waals surface area contributed by atoms with Crippen LogP contribution in [0.3, 0.4) is 0 Å². The maximum absolute atomic E-state index is 10.9. The zero-order valence-corrected chi connectivity index (χ0v) is 11.2. The van der Waals surface area contributed by atoms with Crippen molar-refractivity contribution in [1.82, 2.24) is 4.90 Å². The lowest BCUT2D eigenvalue weighted by molar-refractivity contribution is -0.0330. The summed E-state index contributed by atoms with van der Waals surface area (Å²) in [5.74, 6) is 1.47.